The molecular formula is C21H26N4OS. The quantitative estimate of drug-likeness (QED) is 0.492. The minimum atomic E-state index is -0.451. The van der Waals surface area contributed by atoms with Crippen LogP contribution < -0.4 is 9.96 Å². The number of aromatic nitrogens is 1. The van der Waals surface area contributed by atoms with Crippen molar-refractivity contribution in [3.05, 3.63) is 59.3 Å². The molecule has 1 N–H and O–H groups in total. The lowest BCUT2D eigenvalue weighted by atomic mass is 10.1. The molecule has 27 heavy (non-hydrogen) atoms. The number of aryl methyl sites for hydroxylation is 1. The topological polar surface area (TPSA) is 51.2 Å². The first-order valence-corrected chi connectivity index (χ1v) is 10.4. The summed E-state index contributed by atoms with van der Waals surface area (Å²) in [5, 5.41) is 17.9. The van der Waals surface area contributed by atoms with E-state index in [4.69, 9.17) is 0 Å². The fourth-order valence-corrected chi connectivity index (χ4v) is 4.69. The maximum atomic E-state index is 13.8. The predicted octanol–water partition coefficient (Wildman–Crippen LogP) is 4.79. The number of nitrogens with one attached hydrogen (secondary N) is 1. The van der Waals surface area contributed by atoms with Crippen molar-refractivity contribution in [1.82, 2.24) is 14.5 Å². The van der Waals surface area contributed by atoms with E-state index >= 15 is 0 Å². The van der Waals surface area contributed by atoms with Gasteiger partial charge >= 0.3 is 0 Å². The van der Waals surface area contributed by atoms with Crippen LogP contribution in [0.15, 0.2) is 48.5 Å². The van der Waals surface area contributed by atoms with E-state index in [0.29, 0.717) is 18.3 Å². The molecule has 4 rings (SSSR count). The number of anilines is 1. The van der Waals surface area contributed by atoms with Crippen LogP contribution in [0.5, 0.6) is 0 Å². The molecule has 1 aromatic heterocycles. The third-order valence-electron chi connectivity index (χ3n) is 5.15. The minimum Gasteiger partial charge on any atom is -0.623 e. The van der Waals surface area contributed by atoms with Crippen molar-refractivity contribution in [3.63, 3.8) is 0 Å². The average Bonchev–Trinajstić information content (AvgIpc) is 3.23. The Morgan fingerprint density at radius 1 is 1.22 bits per heavy atom. The molecule has 0 bridgehead atoms. The van der Waals surface area contributed by atoms with Gasteiger partial charge in [0.05, 0.1) is 16.8 Å². The highest BCUT2D eigenvalue weighted by Gasteiger charge is 2.42. The lowest BCUT2D eigenvalue weighted by molar-refractivity contribution is 0.323. The van der Waals surface area contributed by atoms with Gasteiger partial charge in [-0.15, -0.1) is 0 Å². The van der Waals surface area contributed by atoms with Gasteiger partial charge < -0.3 is 10.5 Å². The summed E-state index contributed by atoms with van der Waals surface area (Å²) in [7, 11) is 1.99. The van der Waals surface area contributed by atoms with E-state index in [-0.39, 0.29) is 6.17 Å². The Kier molecular flexibility index (Phi) is 5.14. The van der Waals surface area contributed by atoms with Crippen LogP contribution in [0.25, 0.3) is 10.2 Å². The van der Waals surface area contributed by atoms with E-state index in [1.807, 2.05) is 31.3 Å². The highest BCUT2D eigenvalue weighted by Crippen LogP contribution is 2.37. The largest absolute Gasteiger partial charge is 0.623 e. The predicted molar refractivity (Wildman–Crippen MR) is 115 cm³/mol. The van der Waals surface area contributed by atoms with E-state index in [0.717, 1.165) is 22.3 Å². The summed E-state index contributed by atoms with van der Waals surface area (Å²) < 4.78 is 0.613. The Bertz CT molecular complexity index is 877. The first-order chi connectivity index (χ1) is 13.1. The van der Waals surface area contributed by atoms with Gasteiger partial charge in [-0.25, -0.2) is 0 Å². The number of unbranched alkanes of at least 4 members (excludes halogenated alkanes) is 1. The lowest BCUT2D eigenvalue weighted by Gasteiger charge is -2.40. The SMILES string of the molecule is CCCCc1ccc(NC2CN(C)C[N+]2([O-])c2nc3ccccc3s2)cc1. The van der Waals surface area contributed by atoms with Gasteiger partial charge in [-0.05, 0) is 49.7 Å². The molecule has 1 aliphatic rings. The van der Waals surface area contributed by atoms with Crippen LogP contribution in [-0.4, -0.2) is 36.3 Å². The Hall–Kier alpha value is -1.99. The number of thiazole rings is 1. The number of fused-ring (bicyclic) bond motifs is 1. The molecule has 1 fully saturated rings. The molecule has 5 nitrogen and oxygen atoms in total. The lowest BCUT2D eigenvalue weighted by Crippen LogP contribution is -2.52. The smallest absolute Gasteiger partial charge is 0.290 e. The molecule has 2 atom stereocenters. The van der Waals surface area contributed by atoms with Crippen molar-refractivity contribution >= 4 is 32.4 Å². The second-order valence-corrected chi connectivity index (χ2v) is 8.41. The molecular weight excluding hydrogens is 356 g/mol. The van der Waals surface area contributed by atoms with Crippen LogP contribution in [0.1, 0.15) is 25.3 Å². The van der Waals surface area contributed by atoms with Gasteiger partial charge in [0.2, 0.25) is 0 Å². The first kappa shape index (κ1) is 18.4. The minimum absolute atomic E-state index is 0.267. The van der Waals surface area contributed by atoms with E-state index in [1.54, 1.807) is 0 Å². The summed E-state index contributed by atoms with van der Waals surface area (Å²) in [6, 6.07) is 16.5. The van der Waals surface area contributed by atoms with E-state index < -0.39 is 4.65 Å². The van der Waals surface area contributed by atoms with E-state index in [9.17, 15) is 5.21 Å². The standard InChI is InChI=1S/C21H26N4OS/c1-3-4-7-16-10-12-17(13-11-16)22-20-14-24(2)15-25(20,26)21-23-18-8-5-6-9-19(18)27-21/h5-6,8-13,20,22H,3-4,7,14-15H2,1-2H3. The number of para-hydroxylation sites is 1. The molecule has 0 radical (unpaired) electrons. The van der Waals surface area contributed by atoms with Crippen LogP contribution in [0.4, 0.5) is 10.8 Å². The molecule has 0 spiro atoms. The zero-order chi connectivity index (χ0) is 18.9. The normalized spacial score (nSPS) is 23.1. The van der Waals surface area contributed by atoms with Crippen molar-refractivity contribution < 1.29 is 0 Å². The van der Waals surface area contributed by atoms with Crippen molar-refractivity contribution in [2.24, 2.45) is 0 Å². The van der Waals surface area contributed by atoms with Gasteiger partial charge in [0.25, 0.3) is 5.13 Å². The molecule has 0 saturated carbocycles. The Balaban J connectivity index is 1.57. The van der Waals surface area contributed by atoms with Crippen molar-refractivity contribution in [2.45, 2.75) is 32.4 Å². The molecule has 142 valence electrons. The number of rotatable bonds is 6. The van der Waals surface area contributed by atoms with Gasteiger partial charge in [0.1, 0.15) is 6.67 Å². The zero-order valence-corrected chi connectivity index (χ0v) is 16.7. The summed E-state index contributed by atoms with van der Waals surface area (Å²) in [5.41, 5.74) is 3.24. The third-order valence-corrected chi connectivity index (χ3v) is 6.30. The summed E-state index contributed by atoms with van der Waals surface area (Å²) in [5.74, 6) is 0. The molecule has 1 saturated heterocycles. The number of hydroxylamine groups is 2. The summed E-state index contributed by atoms with van der Waals surface area (Å²) in [6.45, 7) is 3.31. The van der Waals surface area contributed by atoms with Gasteiger partial charge in [0, 0.05) is 5.69 Å². The second-order valence-electron chi connectivity index (χ2n) is 7.40. The van der Waals surface area contributed by atoms with Gasteiger partial charge in [-0.1, -0.05) is 48.9 Å². The summed E-state index contributed by atoms with van der Waals surface area (Å²) >= 11 is 1.50. The number of quaternary nitrogens is 1. The van der Waals surface area contributed by atoms with Crippen LogP contribution in [0.3, 0.4) is 0 Å². The number of hydrogen-bond donors (Lipinski definition) is 1. The first-order valence-electron chi connectivity index (χ1n) is 9.57. The monoisotopic (exact) mass is 382 g/mol. The van der Waals surface area contributed by atoms with Gasteiger partial charge in [0.15, 0.2) is 6.17 Å². The van der Waals surface area contributed by atoms with Crippen molar-refractivity contribution in [3.8, 4) is 0 Å². The summed E-state index contributed by atoms with van der Waals surface area (Å²) in [4.78, 5) is 6.73. The highest BCUT2D eigenvalue weighted by atomic mass is 32.1. The van der Waals surface area contributed by atoms with Gasteiger partial charge in [-0.3, -0.25) is 9.55 Å². The van der Waals surface area contributed by atoms with Crippen LogP contribution in [-0.2, 0) is 6.42 Å². The van der Waals surface area contributed by atoms with Crippen LogP contribution in [0, 0.1) is 5.21 Å². The second kappa shape index (κ2) is 7.56. The van der Waals surface area contributed by atoms with Crippen molar-refractivity contribution in [2.75, 3.05) is 25.6 Å². The van der Waals surface area contributed by atoms with Crippen LogP contribution in [0.2, 0.25) is 0 Å². The number of likely N-dealkylation sites (N-methyl/N-ethyl adjacent to an activating group) is 1. The van der Waals surface area contributed by atoms with Gasteiger partial charge in [-0.2, -0.15) is 4.98 Å². The maximum Gasteiger partial charge on any atom is 0.290 e. The van der Waals surface area contributed by atoms with E-state index in [2.05, 4.69) is 46.4 Å². The Labute approximate surface area is 164 Å². The van der Waals surface area contributed by atoms with Crippen molar-refractivity contribution in [1.29, 1.82) is 0 Å². The molecule has 6 heteroatoms. The fourth-order valence-electron chi connectivity index (χ4n) is 3.65. The third kappa shape index (κ3) is 3.71. The Morgan fingerprint density at radius 3 is 2.74 bits per heavy atom. The number of hydrogen-bond acceptors (Lipinski definition) is 5. The fraction of sp³-hybridized carbons (Fsp3) is 0.381. The molecule has 0 amide bonds. The number of benzene rings is 2. The van der Waals surface area contributed by atoms with E-state index in [1.165, 1.54) is 29.7 Å². The number of nitrogens with zero attached hydrogens (tertiary/aromatic N) is 3. The molecule has 2 heterocycles. The van der Waals surface area contributed by atoms with Crippen LogP contribution >= 0.6 is 11.3 Å². The molecule has 2 unspecified atom stereocenters. The highest BCUT2D eigenvalue weighted by molar-refractivity contribution is 7.22. The molecule has 3 aromatic rings. The average molecular weight is 383 g/mol. The zero-order valence-electron chi connectivity index (χ0n) is 15.9. The maximum absolute atomic E-state index is 13.8. The molecule has 0 aliphatic carbocycles. The molecule has 2 aromatic carbocycles. The summed E-state index contributed by atoms with van der Waals surface area (Å²) in [6.07, 6.45) is 3.25. The molecule has 1 aliphatic heterocycles. The Morgan fingerprint density at radius 2 is 2.00 bits per heavy atom.